The number of aromatic nitrogens is 5. The van der Waals surface area contributed by atoms with Crippen molar-refractivity contribution in [2.24, 2.45) is 5.92 Å². The monoisotopic (exact) mass is 452 g/mol. The summed E-state index contributed by atoms with van der Waals surface area (Å²) < 4.78 is 35.1. The second-order valence-electron chi connectivity index (χ2n) is 7.74. The molecular formula is C22H18F2N6O3. The highest BCUT2D eigenvalue weighted by Crippen LogP contribution is 2.35. The highest BCUT2D eigenvalue weighted by Gasteiger charge is 2.37. The Morgan fingerprint density at radius 2 is 2.03 bits per heavy atom. The van der Waals surface area contributed by atoms with Crippen LogP contribution in [0.4, 0.5) is 14.6 Å². The lowest BCUT2D eigenvalue weighted by Crippen LogP contribution is -2.32. The molecule has 33 heavy (non-hydrogen) atoms. The maximum absolute atomic E-state index is 14.4. The molecule has 0 amide bonds. The SMILES string of the molecule is O=C(O)[C@@H](Nc1nc(-c2cc(-c3ccon3)n(Cc3ccccc3F)n2)ncc1F)C1CC1. The van der Waals surface area contributed by atoms with Gasteiger partial charge in [-0.1, -0.05) is 23.4 Å². The zero-order chi connectivity index (χ0) is 22.9. The molecule has 4 aromatic rings. The average molecular weight is 452 g/mol. The van der Waals surface area contributed by atoms with E-state index >= 15 is 0 Å². The standard InChI is InChI=1S/C22H18F2N6O3/c23-14-4-2-1-3-13(14)11-30-18(16-7-8-33-29-16)9-17(28-30)21-25-10-15(24)20(27-21)26-19(22(31)32)12-5-6-12/h1-4,7-10,12,19H,5-6,11H2,(H,31,32)(H,25,26,27)/t19-/m0/s1. The Hall–Kier alpha value is -4.15. The highest BCUT2D eigenvalue weighted by atomic mass is 19.1. The number of anilines is 1. The van der Waals surface area contributed by atoms with Crippen molar-refractivity contribution in [2.75, 3.05) is 5.32 Å². The van der Waals surface area contributed by atoms with Crippen LogP contribution in [-0.2, 0) is 11.3 Å². The molecule has 0 saturated heterocycles. The van der Waals surface area contributed by atoms with Crippen LogP contribution in [0.15, 0.2) is 53.4 Å². The van der Waals surface area contributed by atoms with E-state index in [1.165, 1.54) is 17.0 Å². The number of carboxylic acid groups (broad SMARTS) is 1. The normalized spacial score (nSPS) is 14.2. The third kappa shape index (κ3) is 4.29. The van der Waals surface area contributed by atoms with Gasteiger partial charge in [0.25, 0.3) is 0 Å². The summed E-state index contributed by atoms with van der Waals surface area (Å²) in [6.45, 7) is 0.101. The zero-order valence-corrected chi connectivity index (χ0v) is 17.2. The number of benzene rings is 1. The third-order valence-corrected chi connectivity index (χ3v) is 5.38. The Labute approximate surface area is 186 Å². The van der Waals surface area contributed by atoms with E-state index < -0.39 is 17.8 Å². The summed E-state index contributed by atoms with van der Waals surface area (Å²) in [5.74, 6) is -2.43. The number of carbonyl (C=O) groups is 1. The van der Waals surface area contributed by atoms with Crippen LogP contribution in [0.3, 0.4) is 0 Å². The minimum Gasteiger partial charge on any atom is -0.480 e. The highest BCUT2D eigenvalue weighted by molar-refractivity contribution is 5.78. The van der Waals surface area contributed by atoms with Crippen LogP contribution in [0.1, 0.15) is 18.4 Å². The fraction of sp³-hybridized carbons (Fsp3) is 0.227. The van der Waals surface area contributed by atoms with E-state index in [-0.39, 0.29) is 35.6 Å². The molecule has 0 aliphatic heterocycles. The number of halogens is 2. The first-order valence-corrected chi connectivity index (χ1v) is 10.2. The van der Waals surface area contributed by atoms with Crippen LogP contribution in [-0.4, -0.2) is 42.0 Å². The molecule has 11 heteroatoms. The van der Waals surface area contributed by atoms with Crippen molar-refractivity contribution in [1.29, 1.82) is 0 Å². The topological polar surface area (TPSA) is 119 Å². The molecule has 2 N–H and O–H groups in total. The Morgan fingerprint density at radius 3 is 2.73 bits per heavy atom. The predicted molar refractivity (Wildman–Crippen MR) is 112 cm³/mol. The van der Waals surface area contributed by atoms with E-state index in [0.717, 1.165) is 19.0 Å². The summed E-state index contributed by atoms with van der Waals surface area (Å²) in [4.78, 5) is 19.7. The van der Waals surface area contributed by atoms with Crippen molar-refractivity contribution in [1.82, 2.24) is 24.9 Å². The van der Waals surface area contributed by atoms with Gasteiger partial charge in [0.05, 0.1) is 18.4 Å². The number of hydrogen-bond donors (Lipinski definition) is 2. The maximum Gasteiger partial charge on any atom is 0.326 e. The van der Waals surface area contributed by atoms with Gasteiger partial charge in [0.2, 0.25) is 0 Å². The molecule has 3 aromatic heterocycles. The predicted octanol–water partition coefficient (Wildman–Crippen LogP) is 3.60. The third-order valence-electron chi connectivity index (χ3n) is 5.38. The average Bonchev–Trinajstić information content (AvgIpc) is 3.31. The number of aliphatic carboxylic acids is 1. The van der Waals surface area contributed by atoms with E-state index in [4.69, 9.17) is 4.52 Å². The summed E-state index contributed by atoms with van der Waals surface area (Å²) >= 11 is 0. The number of nitrogens with one attached hydrogen (secondary N) is 1. The van der Waals surface area contributed by atoms with Crippen molar-refractivity contribution < 1.29 is 23.2 Å². The molecule has 1 fully saturated rings. The maximum atomic E-state index is 14.4. The Balaban J connectivity index is 1.51. The van der Waals surface area contributed by atoms with Crippen molar-refractivity contribution >= 4 is 11.8 Å². The fourth-order valence-electron chi connectivity index (χ4n) is 3.54. The summed E-state index contributed by atoms with van der Waals surface area (Å²) in [5.41, 5.74) is 1.68. The second kappa shape index (κ2) is 8.41. The van der Waals surface area contributed by atoms with Crippen molar-refractivity contribution in [3.05, 3.63) is 66.1 Å². The molecule has 0 radical (unpaired) electrons. The minimum absolute atomic E-state index is 0.0703. The van der Waals surface area contributed by atoms with Gasteiger partial charge in [-0.2, -0.15) is 5.10 Å². The Kier molecular flexibility index (Phi) is 5.29. The Morgan fingerprint density at radius 1 is 1.21 bits per heavy atom. The molecular weight excluding hydrogens is 434 g/mol. The van der Waals surface area contributed by atoms with Crippen molar-refractivity contribution in [3.63, 3.8) is 0 Å². The van der Waals surface area contributed by atoms with Crippen LogP contribution in [0, 0.1) is 17.6 Å². The summed E-state index contributed by atoms with van der Waals surface area (Å²) in [6, 6.07) is 8.64. The van der Waals surface area contributed by atoms with Gasteiger partial charge in [-0.3, -0.25) is 4.68 Å². The van der Waals surface area contributed by atoms with E-state index in [1.54, 1.807) is 30.3 Å². The largest absolute Gasteiger partial charge is 0.480 e. The van der Waals surface area contributed by atoms with Gasteiger partial charge in [-0.25, -0.2) is 23.5 Å². The van der Waals surface area contributed by atoms with E-state index in [2.05, 4.69) is 25.5 Å². The number of hydrogen-bond acceptors (Lipinski definition) is 7. The number of carboxylic acids is 1. The van der Waals surface area contributed by atoms with Crippen LogP contribution in [0.5, 0.6) is 0 Å². The summed E-state index contributed by atoms with van der Waals surface area (Å²) in [7, 11) is 0. The van der Waals surface area contributed by atoms with Gasteiger partial charge >= 0.3 is 5.97 Å². The lowest BCUT2D eigenvalue weighted by molar-refractivity contribution is -0.138. The van der Waals surface area contributed by atoms with Gasteiger partial charge in [0.1, 0.15) is 29.5 Å². The van der Waals surface area contributed by atoms with Gasteiger partial charge in [-0.15, -0.1) is 0 Å². The van der Waals surface area contributed by atoms with Gasteiger partial charge < -0.3 is 14.9 Å². The zero-order valence-electron chi connectivity index (χ0n) is 17.2. The van der Waals surface area contributed by atoms with Crippen molar-refractivity contribution in [2.45, 2.75) is 25.4 Å². The minimum atomic E-state index is -1.07. The molecule has 0 bridgehead atoms. The van der Waals surface area contributed by atoms with E-state index in [9.17, 15) is 18.7 Å². The van der Waals surface area contributed by atoms with Crippen LogP contribution in [0.25, 0.3) is 22.9 Å². The molecule has 1 atom stereocenters. The molecule has 168 valence electrons. The molecule has 9 nitrogen and oxygen atoms in total. The van der Waals surface area contributed by atoms with Crippen LogP contribution >= 0.6 is 0 Å². The smallest absolute Gasteiger partial charge is 0.326 e. The number of nitrogens with zero attached hydrogens (tertiary/aromatic N) is 5. The Bertz CT molecular complexity index is 1300. The molecule has 1 aromatic carbocycles. The molecule has 5 rings (SSSR count). The lowest BCUT2D eigenvalue weighted by atomic mass is 10.2. The lowest BCUT2D eigenvalue weighted by Gasteiger charge is -2.14. The molecule has 3 heterocycles. The molecule has 1 aliphatic rings. The van der Waals surface area contributed by atoms with E-state index in [0.29, 0.717) is 17.0 Å². The van der Waals surface area contributed by atoms with Gasteiger partial charge in [0.15, 0.2) is 17.5 Å². The van der Waals surface area contributed by atoms with Crippen molar-refractivity contribution in [3.8, 4) is 22.9 Å². The first-order valence-electron chi connectivity index (χ1n) is 10.2. The van der Waals surface area contributed by atoms with Crippen LogP contribution < -0.4 is 5.32 Å². The van der Waals surface area contributed by atoms with E-state index in [1.807, 2.05) is 0 Å². The molecule has 1 saturated carbocycles. The van der Waals surface area contributed by atoms with Crippen LogP contribution in [0.2, 0.25) is 0 Å². The van der Waals surface area contributed by atoms with Gasteiger partial charge in [-0.05, 0) is 30.9 Å². The number of rotatable bonds is 8. The van der Waals surface area contributed by atoms with Gasteiger partial charge in [0, 0.05) is 11.6 Å². The molecule has 1 aliphatic carbocycles. The summed E-state index contributed by atoms with van der Waals surface area (Å²) in [6.07, 6.45) is 3.87. The molecule has 0 spiro atoms. The second-order valence-corrected chi connectivity index (χ2v) is 7.74. The summed E-state index contributed by atoms with van der Waals surface area (Å²) in [5, 5.41) is 20.5. The fourth-order valence-corrected chi connectivity index (χ4v) is 3.54. The first-order chi connectivity index (χ1) is 16.0. The quantitative estimate of drug-likeness (QED) is 0.416. The first kappa shape index (κ1) is 20.7. The molecule has 0 unspecified atom stereocenters.